The molecule has 0 radical (unpaired) electrons. The number of aliphatic hydroxyl groups is 1. The van der Waals surface area contributed by atoms with Gasteiger partial charge < -0.3 is 24.7 Å². The van der Waals surface area contributed by atoms with Gasteiger partial charge in [-0.15, -0.1) is 0 Å². The number of hydrogen-bond acceptors (Lipinski definition) is 5. The molecule has 3 aromatic heterocycles. The second-order valence-electron chi connectivity index (χ2n) is 6.32. The summed E-state index contributed by atoms with van der Waals surface area (Å²) in [5, 5.41) is 12.2. The van der Waals surface area contributed by atoms with Crippen molar-refractivity contribution in [2.45, 2.75) is 12.8 Å². The number of nitrogens with one attached hydrogen (secondary N) is 2. The Balaban J connectivity index is 1.52. The Morgan fingerprint density at radius 2 is 2.24 bits per heavy atom. The third-order valence-corrected chi connectivity index (χ3v) is 4.69. The monoisotopic (exact) mass is 340 g/mol. The van der Waals surface area contributed by atoms with Gasteiger partial charge in [-0.1, -0.05) is 0 Å². The lowest BCUT2D eigenvalue weighted by Gasteiger charge is -2.33. The van der Waals surface area contributed by atoms with Crippen molar-refractivity contribution in [1.29, 1.82) is 0 Å². The number of amides is 1. The second kappa shape index (κ2) is 6.60. The number of aromatic nitrogens is 2. The van der Waals surface area contributed by atoms with Gasteiger partial charge in [-0.3, -0.25) is 4.79 Å². The molecular formula is C18H20N4O3. The molecule has 3 aromatic rings. The fourth-order valence-corrected chi connectivity index (χ4v) is 3.23. The van der Waals surface area contributed by atoms with Crippen LogP contribution in [0.1, 0.15) is 23.3 Å². The molecule has 1 fully saturated rings. The van der Waals surface area contributed by atoms with E-state index >= 15 is 0 Å². The maximum atomic E-state index is 12.6. The Morgan fingerprint density at radius 3 is 3.00 bits per heavy atom. The van der Waals surface area contributed by atoms with Crippen molar-refractivity contribution in [1.82, 2.24) is 9.97 Å². The Hall–Kier alpha value is -2.80. The van der Waals surface area contributed by atoms with Gasteiger partial charge in [-0.25, -0.2) is 4.98 Å². The van der Waals surface area contributed by atoms with Crippen LogP contribution in [0.3, 0.4) is 0 Å². The van der Waals surface area contributed by atoms with Gasteiger partial charge in [0.2, 0.25) is 0 Å². The van der Waals surface area contributed by atoms with E-state index in [-0.39, 0.29) is 12.5 Å². The number of aromatic amines is 1. The summed E-state index contributed by atoms with van der Waals surface area (Å²) in [4.78, 5) is 22.2. The maximum absolute atomic E-state index is 12.6. The number of carbonyl (C=O) groups excluding carboxylic acids is 1. The van der Waals surface area contributed by atoms with Crippen molar-refractivity contribution in [2.24, 2.45) is 5.92 Å². The molecule has 0 bridgehead atoms. The zero-order valence-corrected chi connectivity index (χ0v) is 13.7. The SMILES string of the molecule is O=C(Nc1cccnc1N1CCC(CO)CC1)c1cc2occc2[nH]1. The Morgan fingerprint density at radius 1 is 1.40 bits per heavy atom. The number of fused-ring (bicyclic) bond motifs is 1. The first-order valence-electron chi connectivity index (χ1n) is 8.43. The van der Waals surface area contributed by atoms with E-state index in [9.17, 15) is 9.90 Å². The largest absolute Gasteiger partial charge is 0.463 e. The van der Waals surface area contributed by atoms with Gasteiger partial charge in [0.05, 0.1) is 17.5 Å². The van der Waals surface area contributed by atoms with Crippen molar-refractivity contribution >= 4 is 28.5 Å². The van der Waals surface area contributed by atoms with E-state index in [2.05, 4.69) is 20.2 Å². The van der Waals surface area contributed by atoms with Crippen LogP contribution in [0, 0.1) is 5.92 Å². The summed E-state index contributed by atoms with van der Waals surface area (Å²) in [6.45, 7) is 1.87. The normalized spacial score (nSPS) is 15.6. The summed E-state index contributed by atoms with van der Waals surface area (Å²) in [5.41, 5.74) is 2.58. The number of pyridine rings is 1. The van der Waals surface area contributed by atoms with Crippen LogP contribution in [0.2, 0.25) is 0 Å². The molecular weight excluding hydrogens is 320 g/mol. The van der Waals surface area contributed by atoms with Gasteiger partial charge >= 0.3 is 0 Å². The van der Waals surface area contributed by atoms with E-state index in [1.807, 2.05) is 6.07 Å². The van der Waals surface area contributed by atoms with E-state index in [4.69, 9.17) is 4.42 Å². The topological polar surface area (TPSA) is 94.4 Å². The maximum Gasteiger partial charge on any atom is 0.272 e. The zero-order valence-electron chi connectivity index (χ0n) is 13.7. The van der Waals surface area contributed by atoms with E-state index in [1.54, 1.807) is 30.7 Å². The summed E-state index contributed by atoms with van der Waals surface area (Å²) >= 11 is 0. The summed E-state index contributed by atoms with van der Waals surface area (Å²) in [6, 6.07) is 7.13. The molecule has 1 aliphatic heterocycles. The van der Waals surface area contributed by atoms with E-state index in [1.165, 1.54) is 0 Å². The molecule has 1 saturated heterocycles. The molecule has 0 unspecified atom stereocenters. The highest BCUT2D eigenvalue weighted by atomic mass is 16.3. The third kappa shape index (κ3) is 3.10. The van der Waals surface area contributed by atoms with Crippen molar-refractivity contribution in [2.75, 3.05) is 29.9 Å². The predicted octanol–water partition coefficient (Wildman–Crippen LogP) is 2.62. The van der Waals surface area contributed by atoms with Crippen LogP contribution >= 0.6 is 0 Å². The molecule has 130 valence electrons. The van der Waals surface area contributed by atoms with Crippen LogP contribution in [-0.4, -0.2) is 40.7 Å². The summed E-state index contributed by atoms with van der Waals surface area (Å²) in [7, 11) is 0. The van der Waals surface area contributed by atoms with Crippen molar-refractivity contribution in [3.05, 3.63) is 42.4 Å². The molecule has 25 heavy (non-hydrogen) atoms. The number of anilines is 2. The van der Waals surface area contributed by atoms with E-state index < -0.39 is 0 Å². The molecule has 4 heterocycles. The second-order valence-corrected chi connectivity index (χ2v) is 6.32. The van der Waals surface area contributed by atoms with Crippen molar-refractivity contribution < 1.29 is 14.3 Å². The summed E-state index contributed by atoms with van der Waals surface area (Å²) in [6.07, 6.45) is 5.16. The first kappa shape index (κ1) is 15.7. The fraction of sp³-hybridized carbons (Fsp3) is 0.333. The minimum Gasteiger partial charge on any atom is -0.463 e. The molecule has 0 saturated carbocycles. The van der Waals surface area contributed by atoms with Gasteiger partial charge in [0, 0.05) is 38.0 Å². The first-order valence-corrected chi connectivity index (χ1v) is 8.43. The summed E-state index contributed by atoms with van der Waals surface area (Å²) in [5.74, 6) is 0.890. The predicted molar refractivity (Wildman–Crippen MR) is 94.8 cm³/mol. The van der Waals surface area contributed by atoms with Gasteiger partial charge in [0.15, 0.2) is 11.4 Å². The number of rotatable bonds is 4. The quantitative estimate of drug-likeness (QED) is 0.679. The smallest absolute Gasteiger partial charge is 0.272 e. The molecule has 0 aliphatic carbocycles. The highest BCUT2D eigenvalue weighted by Gasteiger charge is 2.22. The first-order chi connectivity index (χ1) is 12.2. The minimum atomic E-state index is -0.231. The number of nitrogens with zero attached hydrogens (tertiary/aromatic N) is 2. The number of carbonyl (C=O) groups is 1. The Bertz CT molecular complexity index is 849. The van der Waals surface area contributed by atoms with E-state index in [0.29, 0.717) is 22.9 Å². The number of hydrogen-bond donors (Lipinski definition) is 3. The standard InChI is InChI=1S/C18H20N4O3/c23-11-12-3-7-22(8-4-12)17-14(2-1-6-19-17)21-18(24)15-10-16-13(20-15)5-9-25-16/h1-2,5-6,9-10,12,20,23H,3-4,7-8,11H2,(H,21,24). The van der Waals surface area contributed by atoms with Gasteiger partial charge in [0.1, 0.15) is 5.69 Å². The molecule has 7 heteroatoms. The average molecular weight is 340 g/mol. The number of piperidine rings is 1. The number of H-pyrrole nitrogens is 1. The number of aliphatic hydroxyl groups excluding tert-OH is 1. The summed E-state index contributed by atoms with van der Waals surface area (Å²) < 4.78 is 5.29. The van der Waals surface area contributed by atoms with Crippen LogP contribution in [0.4, 0.5) is 11.5 Å². The molecule has 7 nitrogen and oxygen atoms in total. The molecule has 0 aromatic carbocycles. The van der Waals surface area contributed by atoms with Gasteiger partial charge in [-0.05, 0) is 30.9 Å². The molecule has 4 rings (SSSR count). The minimum absolute atomic E-state index is 0.230. The van der Waals surface area contributed by atoms with Gasteiger partial charge in [0.25, 0.3) is 5.91 Å². The Labute approximate surface area is 144 Å². The molecule has 3 N–H and O–H groups in total. The lowest BCUT2D eigenvalue weighted by Crippen LogP contribution is -2.35. The fourth-order valence-electron chi connectivity index (χ4n) is 3.23. The lowest BCUT2D eigenvalue weighted by molar-refractivity contribution is 0.102. The highest BCUT2D eigenvalue weighted by Crippen LogP contribution is 2.28. The zero-order chi connectivity index (χ0) is 17.2. The van der Waals surface area contributed by atoms with Crippen LogP contribution in [0.15, 0.2) is 41.1 Å². The molecule has 0 spiro atoms. The van der Waals surface area contributed by atoms with E-state index in [0.717, 1.165) is 37.3 Å². The van der Waals surface area contributed by atoms with Crippen LogP contribution in [0.5, 0.6) is 0 Å². The highest BCUT2D eigenvalue weighted by molar-refractivity contribution is 6.06. The average Bonchev–Trinajstić information content (AvgIpc) is 3.24. The molecule has 1 amide bonds. The van der Waals surface area contributed by atoms with Gasteiger partial charge in [-0.2, -0.15) is 0 Å². The molecule has 1 aliphatic rings. The van der Waals surface area contributed by atoms with Crippen LogP contribution in [0.25, 0.3) is 11.1 Å². The van der Waals surface area contributed by atoms with Crippen molar-refractivity contribution in [3.8, 4) is 0 Å². The molecule has 0 atom stereocenters. The number of furan rings is 1. The third-order valence-electron chi connectivity index (χ3n) is 4.69. The Kier molecular flexibility index (Phi) is 4.15. The lowest BCUT2D eigenvalue weighted by atomic mass is 9.98. The van der Waals surface area contributed by atoms with Crippen LogP contribution < -0.4 is 10.2 Å². The van der Waals surface area contributed by atoms with Crippen molar-refractivity contribution in [3.63, 3.8) is 0 Å². The van der Waals surface area contributed by atoms with Crippen LogP contribution in [-0.2, 0) is 0 Å².